The van der Waals surface area contributed by atoms with Crippen LogP contribution in [0.2, 0.25) is 0 Å². The SMILES string of the molecule is CCN(CC)CCCN(CC)c1ccc(CO)cc1F. The molecular weight excluding hydrogens is 255 g/mol. The number of anilines is 1. The van der Waals surface area contributed by atoms with Gasteiger partial charge in [0, 0.05) is 13.1 Å². The molecule has 1 aromatic rings. The zero-order chi connectivity index (χ0) is 15.0. The van der Waals surface area contributed by atoms with Crippen LogP contribution < -0.4 is 4.90 Å². The molecular formula is C16H27FN2O. The summed E-state index contributed by atoms with van der Waals surface area (Å²) in [7, 11) is 0. The molecule has 114 valence electrons. The average Bonchev–Trinajstić information content (AvgIpc) is 2.48. The first-order valence-electron chi connectivity index (χ1n) is 7.52. The van der Waals surface area contributed by atoms with Gasteiger partial charge >= 0.3 is 0 Å². The van der Waals surface area contributed by atoms with Crippen LogP contribution in [0.3, 0.4) is 0 Å². The second kappa shape index (κ2) is 8.93. The number of nitrogens with zero attached hydrogens (tertiary/aromatic N) is 2. The third-order valence-corrected chi connectivity index (χ3v) is 3.71. The quantitative estimate of drug-likeness (QED) is 0.754. The van der Waals surface area contributed by atoms with Crippen LogP contribution in [0, 0.1) is 5.82 Å². The Labute approximate surface area is 122 Å². The monoisotopic (exact) mass is 282 g/mol. The third kappa shape index (κ3) is 4.76. The lowest BCUT2D eigenvalue weighted by atomic mass is 10.2. The molecule has 0 aliphatic carbocycles. The van der Waals surface area contributed by atoms with Gasteiger partial charge in [0.15, 0.2) is 0 Å². The van der Waals surface area contributed by atoms with E-state index in [0.29, 0.717) is 11.3 Å². The lowest BCUT2D eigenvalue weighted by Gasteiger charge is -2.25. The van der Waals surface area contributed by atoms with Crippen LogP contribution >= 0.6 is 0 Å². The Morgan fingerprint density at radius 2 is 1.75 bits per heavy atom. The summed E-state index contributed by atoms with van der Waals surface area (Å²) in [5, 5.41) is 9.02. The van der Waals surface area contributed by atoms with Gasteiger partial charge in [-0.15, -0.1) is 0 Å². The summed E-state index contributed by atoms with van der Waals surface area (Å²) >= 11 is 0. The van der Waals surface area contributed by atoms with E-state index in [1.54, 1.807) is 12.1 Å². The smallest absolute Gasteiger partial charge is 0.146 e. The average molecular weight is 282 g/mol. The van der Waals surface area contributed by atoms with Crippen molar-refractivity contribution in [2.45, 2.75) is 33.8 Å². The molecule has 3 nitrogen and oxygen atoms in total. The van der Waals surface area contributed by atoms with Gasteiger partial charge < -0.3 is 14.9 Å². The third-order valence-electron chi connectivity index (χ3n) is 3.71. The molecule has 0 fully saturated rings. The van der Waals surface area contributed by atoms with E-state index < -0.39 is 0 Å². The van der Waals surface area contributed by atoms with Crippen LogP contribution in [0.25, 0.3) is 0 Å². The maximum Gasteiger partial charge on any atom is 0.146 e. The molecule has 0 heterocycles. The highest BCUT2D eigenvalue weighted by Gasteiger charge is 2.11. The van der Waals surface area contributed by atoms with Gasteiger partial charge in [0.2, 0.25) is 0 Å². The van der Waals surface area contributed by atoms with E-state index in [0.717, 1.165) is 39.1 Å². The Balaban J connectivity index is 2.62. The fourth-order valence-corrected chi connectivity index (χ4v) is 2.38. The lowest BCUT2D eigenvalue weighted by molar-refractivity contribution is 0.281. The topological polar surface area (TPSA) is 26.7 Å². The first-order valence-corrected chi connectivity index (χ1v) is 7.52. The van der Waals surface area contributed by atoms with Crippen molar-refractivity contribution in [3.8, 4) is 0 Å². The van der Waals surface area contributed by atoms with Crippen molar-refractivity contribution >= 4 is 5.69 Å². The minimum absolute atomic E-state index is 0.120. The highest BCUT2D eigenvalue weighted by molar-refractivity contribution is 5.49. The molecule has 0 aromatic heterocycles. The van der Waals surface area contributed by atoms with Gasteiger partial charge in [-0.25, -0.2) is 4.39 Å². The first kappa shape index (κ1) is 16.9. The van der Waals surface area contributed by atoms with Crippen molar-refractivity contribution < 1.29 is 9.50 Å². The Morgan fingerprint density at radius 1 is 1.05 bits per heavy atom. The zero-order valence-electron chi connectivity index (χ0n) is 12.9. The number of aliphatic hydroxyl groups excluding tert-OH is 1. The molecule has 4 heteroatoms. The zero-order valence-corrected chi connectivity index (χ0v) is 12.9. The van der Waals surface area contributed by atoms with E-state index in [-0.39, 0.29) is 12.4 Å². The van der Waals surface area contributed by atoms with E-state index in [9.17, 15) is 4.39 Å². The summed E-state index contributed by atoms with van der Waals surface area (Å²) in [6.45, 7) is 11.0. The molecule has 0 saturated carbocycles. The Kier molecular flexibility index (Phi) is 7.55. The van der Waals surface area contributed by atoms with Gasteiger partial charge in [0.05, 0.1) is 12.3 Å². The molecule has 0 bridgehead atoms. The van der Waals surface area contributed by atoms with Crippen molar-refractivity contribution in [1.82, 2.24) is 4.90 Å². The van der Waals surface area contributed by atoms with Gasteiger partial charge in [-0.05, 0) is 50.7 Å². The van der Waals surface area contributed by atoms with E-state index in [4.69, 9.17) is 5.11 Å². The molecule has 0 unspecified atom stereocenters. The molecule has 1 aromatic carbocycles. The van der Waals surface area contributed by atoms with Crippen molar-refractivity contribution in [3.05, 3.63) is 29.6 Å². The van der Waals surface area contributed by atoms with Gasteiger partial charge in [0.1, 0.15) is 5.82 Å². The van der Waals surface area contributed by atoms with Crippen molar-refractivity contribution in [3.63, 3.8) is 0 Å². The second-order valence-corrected chi connectivity index (χ2v) is 4.90. The fraction of sp³-hybridized carbons (Fsp3) is 0.625. The maximum atomic E-state index is 14.0. The molecule has 0 spiro atoms. The number of hydrogen-bond acceptors (Lipinski definition) is 3. The molecule has 0 aliphatic rings. The van der Waals surface area contributed by atoms with Gasteiger partial charge in [-0.1, -0.05) is 19.9 Å². The predicted molar refractivity (Wildman–Crippen MR) is 82.6 cm³/mol. The first-order chi connectivity index (χ1) is 9.65. The highest BCUT2D eigenvalue weighted by atomic mass is 19.1. The molecule has 20 heavy (non-hydrogen) atoms. The number of aliphatic hydroxyl groups is 1. The highest BCUT2D eigenvalue weighted by Crippen LogP contribution is 2.20. The maximum absolute atomic E-state index is 14.0. The van der Waals surface area contributed by atoms with Crippen molar-refractivity contribution in [2.24, 2.45) is 0 Å². The minimum atomic E-state index is -0.249. The van der Waals surface area contributed by atoms with E-state index in [1.165, 1.54) is 6.07 Å². The molecule has 0 saturated heterocycles. The minimum Gasteiger partial charge on any atom is -0.392 e. The Morgan fingerprint density at radius 3 is 2.25 bits per heavy atom. The fourth-order valence-electron chi connectivity index (χ4n) is 2.38. The normalized spacial score (nSPS) is 11.1. The summed E-state index contributed by atoms with van der Waals surface area (Å²) < 4.78 is 14.0. The number of hydrogen-bond donors (Lipinski definition) is 1. The summed E-state index contributed by atoms with van der Waals surface area (Å²) in [4.78, 5) is 4.43. The van der Waals surface area contributed by atoms with Crippen molar-refractivity contribution in [2.75, 3.05) is 37.6 Å². The second-order valence-electron chi connectivity index (χ2n) is 4.90. The molecule has 0 amide bonds. The van der Waals surface area contributed by atoms with E-state index in [1.807, 2.05) is 6.92 Å². The molecule has 0 atom stereocenters. The Bertz CT molecular complexity index is 394. The standard InChI is InChI=1S/C16H27FN2O/c1-4-18(5-2)10-7-11-19(6-3)16-9-8-14(13-20)12-15(16)17/h8-9,12,20H,4-7,10-11,13H2,1-3H3. The summed E-state index contributed by atoms with van der Waals surface area (Å²) in [6.07, 6.45) is 1.02. The molecule has 1 N–H and O–H groups in total. The Hall–Kier alpha value is -1.13. The largest absolute Gasteiger partial charge is 0.392 e. The van der Waals surface area contributed by atoms with Crippen LogP contribution in [-0.4, -0.2) is 42.7 Å². The summed E-state index contributed by atoms with van der Waals surface area (Å²) in [5.41, 5.74) is 1.25. The van der Waals surface area contributed by atoms with Crippen LogP contribution in [0.1, 0.15) is 32.8 Å². The van der Waals surface area contributed by atoms with Gasteiger partial charge in [-0.3, -0.25) is 0 Å². The lowest BCUT2D eigenvalue weighted by Crippen LogP contribution is -2.30. The van der Waals surface area contributed by atoms with Crippen molar-refractivity contribution in [1.29, 1.82) is 0 Å². The van der Waals surface area contributed by atoms with Crippen LogP contribution in [0.5, 0.6) is 0 Å². The number of rotatable bonds is 9. The predicted octanol–water partition coefficient (Wildman–Crippen LogP) is 2.88. The summed E-state index contributed by atoms with van der Waals surface area (Å²) in [6, 6.07) is 4.97. The van der Waals surface area contributed by atoms with Crippen LogP contribution in [0.4, 0.5) is 10.1 Å². The van der Waals surface area contributed by atoms with Crippen LogP contribution in [0.15, 0.2) is 18.2 Å². The van der Waals surface area contributed by atoms with E-state index >= 15 is 0 Å². The van der Waals surface area contributed by atoms with Gasteiger partial charge in [0.25, 0.3) is 0 Å². The molecule has 1 rings (SSSR count). The van der Waals surface area contributed by atoms with E-state index in [2.05, 4.69) is 23.6 Å². The molecule has 0 radical (unpaired) electrons. The molecule has 0 aliphatic heterocycles. The number of benzene rings is 1. The number of halogens is 1. The summed E-state index contributed by atoms with van der Waals surface area (Å²) in [5.74, 6) is -0.249. The van der Waals surface area contributed by atoms with Crippen LogP contribution in [-0.2, 0) is 6.61 Å². The van der Waals surface area contributed by atoms with Gasteiger partial charge in [-0.2, -0.15) is 0 Å².